The van der Waals surface area contributed by atoms with Gasteiger partial charge in [-0.05, 0) is 89.0 Å². The summed E-state index contributed by atoms with van der Waals surface area (Å²) in [5, 5.41) is 6.20. The van der Waals surface area contributed by atoms with Gasteiger partial charge in [0.25, 0.3) is 0 Å². The number of aromatic nitrogens is 3. The van der Waals surface area contributed by atoms with Gasteiger partial charge in [0.2, 0.25) is 0 Å². The van der Waals surface area contributed by atoms with Crippen LogP contribution in [-0.2, 0) is 0 Å². The number of hydrogen-bond donors (Lipinski definition) is 0. The third kappa shape index (κ3) is 4.61. The lowest BCUT2D eigenvalue weighted by molar-refractivity contribution is 1.13. The summed E-state index contributed by atoms with van der Waals surface area (Å²) >= 11 is 0. The smallest absolute Gasteiger partial charge is 0.0628 e. The maximum absolute atomic E-state index is 2.46. The van der Waals surface area contributed by atoms with E-state index in [1.165, 1.54) is 76.8 Å². The molecule has 53 heavy (non-hydrogen) atoms. The predicted octanol–water partition coefficient (Wildman–Crippen LogP) is 13.2. The number of para-hydroxylation sites is 3. The molecule has 248 valence electrons. The molecule has 0 fully saturated rings. The van der Waals surface area contributed by atoms with E-state index in [0.29, 0.717) is 0 Å². The zero-order chi connectivity index (χ0) is 34.9. The van der Waals surface area contributed by atoms with E-state index in [4.69, 9.17) is 0 Å². The van der Waals surface area contributed by atoms with E-state index < -0.39 is 0 Å². The van der Waals surface area contributed by atoms with Crippen molar-refractivity contribution in [3.63, 3.8) is 0 Å². The Kier molecular flexibility index (Phi) is 6.55. The monoisotopic (exact) mass is 675 g/mol. The van der Waals surface area contributed by atoms with E-state index in [0.717, 1.165) is 17.1 Å². The van der Waals surface area contributed by atoms with E-state index in [9.17, 15) is 0 Å². The topological polar surface area (TPSA) is 14.8 Å². The van der Waals surface area contributed by atoms with Gasteiger partial charge in [-0.3, -0.25) is 0 Å². The summed E-state index contributed by atoms with van der Waals surface area (Å²) in [5.41, 5.74) is 14.2. The molecular weight excluding hydrogens is 643 g/mol. The zero-order valence-corrected chi connectivity index (χ0v) is 28.9. The molecule has 3 heteroatoms. The fraction of sp³-hybridized carbons (Fsp3) is 0. The zero-order valence-electron chi connectivity index (χ0n) is 28.9. The molecule has 11 rings (SSSR count). The first-order chi connectivity index (χ1) is 26.3. The predicted molar refractivity (Wildman–Crippen MR) is 223 cm³/mol. The highest BCUT2D eigenvalue weighted by Gasteiger charge is 2.20. The minimum absolute atomic E-state index is 1.12. The molecule has 0 saturated heterocycles. The molecule has 0 amide bonds. The van der Waals surface area contributed by atoms with Crippen molar-refractivity contribution in [1.82, 2.24) is 13.7 Å². The van der Waals surface area contributed by atoms with Crippen LogP contribution in [0.5, 0.6) is 0 Å². The van der Waals surface area contributed by atoms with Gasteiger partial charge < -0.3 is 13.7 Å². The minimum atomic E-state index is 1.12. The summed E-state index contributed by atoms with van der Waals surface area (Å²) in [4.78, 5) is 0. The van der Waals surface area contributed by atoms with Crippen molar-refractivity contribution >= 4 is 54.5 Å². The third-order valence-corrected chi connectivity index (χ3v) is 10.8. The van der Waals surface area contributed by atoms with Crippen molar-refractivity contribution in [2.75, 3.05) is 0 Å². The Morgan fingerprint density at radius 3 is 1.57 bits per heavy atom. The molecule has 3 aromatic heterocycles. The van der Waals surface area contributed by atoms with Crippen molar-refractivity contribution in [2.45, 2.75) is 0 Å². The highest BCUT2D eigenvalue weighted by Crippen LogP contribution is 2.41. The van der Waals surface area contributed by atoms with Gasteiger partial charge in [0.05, 0.1) is 27.6 Å². The van der Waals surface area contributed by atoms with Crippen LogP contribution in [-0.4, -0.2) is 13.7 Å². The fourth-order valence-corrected chi connectivity index (χ4v) is 8.48. The quantitative estimate of drug-likeness (QED) is 0.172. The van der Waals surface area contributed by atoms with Gasteiger partial charge in [0, 0.05) is 50.2 Å². The van der Waals surface area contributed by atoms with Gasteiger partial charge in [-0.2, -0.15) is 0 Å². The lowest BCUT2D eigenvalue weighted by Crippen LogP contribution is -2.00. The summed E-state index contributed by atoms with van der Waals surface area (Å²) in [6.45, 7) is 0. The van der Waals surface area contributed by atoms with Crippen LogP contribution in [0.25, 0.3) is 93.8 Å². The number of nitrogens with zero attached hydrogens (tertiary/aromatic N) is 3. The molecule has 0 aliphatic heterocycles. The van der Waals surface area contributed by atoms with Gasteiger partial charge in [-0.1, -0.05) is 127 Å². The summed E-state index contributed by atoms with van der Waals surface area (Å²) in [7, 11) is 0. The molecule has 0 spiro atoms. The van der Waals surface area contributed by atoms with Crippen LogP contribution < -0.4 is 0 Å². The summed E-state index contributed by atoms with van der Waals surface area (Å²) in [6.07, 6.45) is 2.20. The molecule has 0 N–H and O–H groups in total. The molecule has 0 saturated carbocycles. The highest BCUT2D eigenvalue weighted by molar-refractivity contribution is 6.21. The molecule has 0 aliphatic rings. The Labute approximate surface area is 306 Å². The molecular formula is C50H33N3. The maximum atomic E-state index is 2.46. The molecule has 3 nitrogen and oxygen atoms in total. The van der Waals surface area contributed by atoms with Crippen molar-refractivity contribution in [3.8, 4) is 39.3 Å². The van der Waals surface area contributed by atoms with Gasteiger partial charge >= 0.3 is 0 Å². The average molecular weight is 676 g/mol. The highest BCUT2D eigenvalue weighted by atomic mass is 15.0. The Hall–Kier alpha value is -7.10. The van der Waals surface area contributed by atoms with Crippen LogP contribution in [0.15, 0.2) is 200 Å². The van der Waals surface area contributed by atoms with Crippen LogP contribution in [0.2, 0.25) is 0 Å². The third-order valence-electron chi connectivity index (χ3n) is 10.8. The lowest BCUT2D eigenvalue weighted by atomic mass is 10.0. The Balaban J connectivity index is 1.22. The second kappa shape index (κ2) is 11.7. The average Bonchev–Trinajstić information content (AvgIpc) is 3.92. The SMILES string of the molecule is c1ccc(-c2cc(-n3c4ccccc4c4cc(-c5ccccc5)ccc43)cc(-n3c4ccccc4c4c5c(ccc43)ccn5-c3ccccc3)c2)cc1. The Morgan fingerprint density at radius 1 is 0.302 bits per heavy atom. The van der Waals surface area contributed by atoms with Crippen molar-refractivity contribution in [1.29, 1.82) is 0 Å². The van der Waals surface area contributed by atoms with E-state index in [1.54, 1.807) is 0 Å². The van der Waals surface area contributed by atoms with Crippen LogP contribution in [0, 0.1) is 0 Å². The van der Waals surface area contributed by atoms with Crippen LogP contribution >= 0.6 is 0 Å². The van der Waals surface area contributed by atoms with E-state index >= 15 is 0 Å². The molecule has 0 atom stereocenters. The second-order valence-electron chi connectivity index (χ2n) is 13.8. The largest absolute Gasteiger partial charge is 0.316 e. The number of hydrogen-bond acceptors (Lipinski definition) is 0. The minimum Gasteiger partial charge on any atom is -0.316 e. The van der Waals surface area contributed by atoms with Crippen LogP contribution in [0.4, 0.5) is 0 Å². The van der Waals surface area contributed by atoms with Gasteiger partial charge in [0.15, 0.2) is 0 Å². The fourth-order valence-electron chi connectivity index (χ4n) is 8.48. The van der Waals surface area contributed by atoms with Crippen LogP contribution in [0.1, 0.15) is 0 Å². The van der Waals surface area contributed by atoms with Crippen molar-refractivity contribution in [3.05, 3.63) is 200 Å². The first-order valence-corrected chi connectivity index (χ1v) is 18.2. The van der Waals surface area contributed by atoms with Gasteiger partial charge in [-0.15, -0.1) is 0 Å². The maximum Gasteiger partial charge on any atom is 0.0628 e. The molecule has 0 unspecified atom stereocenters. The standard InChI is InChI=1S/C50H33N3/c1-4-14-34(15-5-1)37-25-26-47-44(32-37)42-20-10-12-22-45(42)52(47)40-30-38(35-16-6-2-7-17-35)31-41(33-40)53-46-23-13-11-21-43(46)49-48(53)27-24-36-28-29-51(50(36)49)39-18-8-3-9-19-39/h1-33H. The summed E-state index contributed by atoms with van der Waals surface area (Å²) in [5.74, 6) is 0. The summed E-state index contributed by atoms with van der Waals surface area (Å²) in [6, 6.07) is 70.5. The lowest BCUT2D eigenvalue weighted by Gasteiger charge is -2.16. The van der Waals surface area contributed by atoms with Gasteiger partial charge in [0.1, 0.15) is 0 Å². The molecule has 3 heterocycles. The molecule has 11 aromatic rings. The van der Waals surface area contributed by atoms with E-state index in [1.807, 2.05) is 0 Å². The molecule has 0 radical (unpaired) electrons. The summed E-state index contributed by atoms with van der Waals surface area (Å²) < 4.78 is 7.24. The number of benzene rings is 8. The normalized spacial score (nSPS) is 11.8. The Morgan fingerprint density at radius 2 is 0.849 bits per heavy atom. The van der Waals surface area contributed by atoms with Crippen LogP contribution in [0.3, 0.4) is 0 Å². The number of rotatable bonds is 5. The molecule has 0 aliphatic carbocycles. The van der Waals surface area contributed by atoms with Crippen molar-refractivity contribution < 1.29 is 0 Å². The van der Waals surface area contributed by atoms with Gasteiger partial charge in [-0.25, -0.2) is 0 Å². The van der Waals surface area contributed by atoms with E-state index in [2.05, 4.69) is 214 Å². The van der Waals surface area contributed by atoms with E-state index in [-0.39, 0.29) is 0 Å². The first kappa shape index (κ1) is 29.6. The molecule has 0 bridgehead atoms. The van der Waals surface area contributed by atoms with Crippen molar-refractivity contribution in [2.24, 2.45) is 0 Å². The number of fused-ring (bicyclic) bond motifs is 8. The second-order valence-corrected chi connectivity index (χ2v) is 13.8. The first-order valence-electron chi connectivity index (χ1n) is 18.2. The Bertz CT molecular complexity index is 3150. The molecule has 8 aromatic carbocycles.